The van der Waals surface area contributed by atoms with Gasteiger partial charge in [-0.15, -0.1) is 5.10 Å². The third-order valence-electron chi connectivity index (χ3n) is 2.60. The van der Waals surface area contributed by atoms with Gasteiger partial charge in [-0.25, -0.2) is 4.98 Å². The first kappa shape index (κ1) is 13.0. The summed E-state index contributed by atoms with van der Waals surface area (Å²) in [5.74, 6) is 0. The molecular weight excluding hydrogens is 252 g/mol. The second-order valence-electron chi connectivity index (χ2n) is 3.97. The van der Waals surface area contributed by atoms with Crippen molar-refractivity contribution < 1.29 is 4.74 Å². The highest BCUT2D eigenvalue weighted by Crippen LogP contribution is 2.16. The lowest BCUT2D eigenvalue weighted by atomic mass is 10.3. The van der Waals surface area contributed by atoms with Gasteiger partial charge in [-0.2, -0.15) is 4.52 Å². The molecule has 0 fully saturated rings. The first-order chi connectivity index (χ1) is 8.63. The Labute approximate surface area is 109 Å². The van der Waals surface area contributed by atoms with Crippen molar-refractivity contribution in [1.29, 1.82) is 0 Å². The molecule has 0 amide bonds. The number of nitrogens with zero attached hydrogens (tertiary/aromatic N) is 3. The van der Waals surface area contributed by atoms with E-state index in [1.165, 1.54) is 21.9 Å². The number of hydrogen-bond acceptors (Lipinski definition) is 6. The highest BCUT2D eigenvalue weighted by Gasteiger charge is 2.08. The lowest BCUT2D eigenvalue weighted by molar-refractivity contribution is 0.129. The molecule has 98 valence electrons. The van der Waals surface area contributed by atoms with Gasteiger partial charge in [0.15, 0.2) is 0 Å². The summed E-state index contributed by atoms with van der Waals surface area (Å²) in [6, 6.07) is 1.52. The maximum atomic E-state index is 11.8. The molecule has 0 saturated carbocycles. The Morgan fingerprint density at radius 3 is 3.06 bits per heavy atom. The summed E-state index contributed by atoms with van der Waals surface area (Å²) in [7, 11) is 1.66. The van der Waals surface area contributed by atoms with E-state index in [9.17, 15) is 4.79 Å². The van der Waals surface area contributed by atoms with Crippen LogP contribution in [0, 0.1) is 0 Å². The average Bonchev–Trinajstić information content (AvgIpc) is 2.79. The molecule has 1 unspecified atom stereocenters. The van der Waals surface area contributed by atoms with Gasteiger partial charge >= 0.3 is 0 Å². The van der Waals surface area contributed by atoms with Gasteiger partial charge in [0.1, 0.15) is 0 Å². The zero-order valence-electron chi connectivity index (χ0n) is 10.6. The molecule has 2 aromatic heterocycles. The predicted octanol–water partition coefficient (Wildman–Crippen LogP) is 1.16. The molecule has 0 aliphatic carbocycles. The monoisotopic (exact) mass is 268 g/mol. The quantitative estimate of drug-likeness (QED) is 0.881. The number of rotatable bonds is 5. The maximum absolute atomic E-state index is 11.8. The minimum atomic E-state index is -0.138. The van der Waals surface area contributed by atoms with Crippen LogP contribution in [0.5, 0.6) is 0 Å². The van der Waals surface area contributed by atoms with E-state index in [-0.39, 0.29) is 11.7 Å². The van der Waals surface area contributed by atoms with Gasteiger partial charge in [0, 0.05) is 25.4 Å². The summed E-state index contributed by atoms with van der Waals surface area (Å²) in [6.45, 7) is 4.57. The van der Waals surface area contributed by atoms with Crippen molar-refractivity contribution in [3.05, 3.63) is 22.1 Å². The van der Waals surface area contributed by atoms with E-state index in [0.29, 0.717) is 16.6 Å². The van der Waals surface area contributed by atoms with Crippen molar-refractivity contribution in [2.45, 2.75) is 26.4 Å². The summed E-state index contributed by atoms with van der Waals surface area (Å²) in [4.78, 5) is 16.8. The maximum Gasteiger partial charge on any atom is 0.275 e. The Hall–Kier alpha value is -1.47. The van der Waals surface area contributed by atoms with Gasteiger partial charge < -0.3 is 10.1 Å². The van der Waals surface area contributed by atoms with E-state index < -0.39 is 0 Å². The minimum absolute atomic E-state index is 0.0906. The van der Waals surface area contributed by atoms with E-state index in [1.54, 1.807) is 7.11 Å². The molecule has 1 atom stereocenters. The minimum Gasteiger partial charge on any atom is -0.380 e. The van der Waals surface area contributed by atoms with E-state index in [1.807, 2.05) is 13.8 Å². The fraction of sp³-hybridized carbons (Fsp3) is 0.545. The molecule has 2 rings (SSSR count). The lowest BCUT2D eigenvalue weighted by Crippen LogP contribution is -2.19. The second kappa shape index (κ2) is 5.45. The number of methoxy groups -OCH3 is 1. The molecule has 7 heteroatoms. The van der Waals surface area contributed by atoms with Gasteiger partial charge in [-0.3, -0.25) is 4.79 Å². The largest absolute Gasteiger partial charge is 0.380 e. The summed E-state index contributed by atoms with van der Waals surface area (Å²) in [5.41, 5.74) is 0.654. The molecule has 1 N–H and O–H groups in total. The highest BCUT2D eigenvalue weighted by atomic mass is 32.1. The first-order valence-corrected chi connectivity index (χ1v) is 6.62. The summed E-state index contributed by atoms with van der Waals surface area (Å²) < 4.78 is 6.46. The molecule has 0 spiro atoms. The second-order valence-corrected chi connectivity index (χ2v) is 4.92. The Balaban J connectivity index is 2.27. The van der Waals surface area contributed by atoms with Gasteiger partial charge in [0.05, 0.1) is 6.10 Å². The Bertz CT molecular complexity index is 592. The summed E-state index contributed by atoms with van der Waals surface area (Å²) in [6.07, 6.45) is 0.834. The van der Waals surface area contributed by atoms with Crippen LogP contribution in [0.15, 0.2) is 10.9 Å². The van der Waals surface area contributed by atoms with Gasteiger partial charge in [0.25, 0.3) is 5.56 Å². The topological polar surface area (TPSA) is 68.5 Å². The van der Waals surface area contributed by atoms with Crippen molar-refractivity contribution in [2.24, 2.45) is 0 Å². The van der Waals surface area contributed by atoms with Crippen LogP contribution in [0.4, 0.5) is 5.13 Å². The molecule has 0 bridgehead atoms. The fourth-order valence-corrected chi connectivity index (χ4v) is 2.25. The van der Waals surface area contributed by atoms with Crippen molar-refractivity contribution in [3.63, 3.8) is 0 Å². The number of ether oxygens (including phenoxy) is 1. The van der Waals surface area contributed by atoms with Crippen LogP contribution < -0.4 is 10.9 Å². The molecule has 2 heterocycles. The lowest BCUT2D eigenvalue weighted by Gasteiger charge is -2.08. The number of fused-ring (bicyclic) bond motifs is 1. The third-order valence-corrected chi connectivity index (χ3v) is 3.47. The van der Waals surface area contributed by atoms with Gasteiger partial charge in [-0.1, -0.05) is 18.3 Å². The van der Waals surface area contributed by atoms with Crippen LogP contribution in [0.1, 0.15) is 19.5 Å². The van der Waals surface area contributed by atoms with Crippen molar-refractivity contribution in [1.82, 2.24) is 14.6 Å². The smallest absolute Gasteiger partial charge is 0.275 e. The number of anilines is 1. The molecule has 0 aliphatic rings. The Kier molecular flexibility index (Phi) is 3.93. The molecule has 6 nitrogen and oxygen atoms in total. The standard InChI is InChI=1S/C11H16N4O2S/c1-4-8-5-9(16)15-11(13-8)18-10(14-15)12-6-7(2)17-3/h5,7H,4,6H2,1-3H3,(H,12,14). The van der Waals surface area contributed by atoms with Crippen LogP contribution in [0.2, 0.25) is 0 Å². The number of aryl methyl sites for hydroxylation is 1. The average molecular weight is 268 g/mol. The zero-order valence-corrected chi connectivity index (χ0v) is 11.5. The molecular formula is C11H16N4O2S. The van der Waals surface area contributed by atoms with Crippen LogP contribution in [-0.4, -0.2) is 34.4 Å². The normalized spacial score (nSPS) is 12.8. The van der Waals surface area contributed by atoms with E-state index in [4.69, 9.17) is 4.74 Å². The van der Waals surface area contributed by atoms with Crippen molar-refractivity contribution >= 4 is 21.4 Å². The van der Waals surface area contributed by atoms with Crippen LogP contribution in [0.3, 0.4) is 0 Å². The molecule has 2 aromatic rings. The van der Waals surface area contributed by atoms with Gasteiger partial charge in [-0.05, 0) is 13.3 Å². The molecule has 0 saturated heterocycles. The molecule has 0 aromatic carbocycles. The SMILES string of the molecule is CCc1cc(=O)n2nc(NCC(C)OC)sc2n1. The number of hydrogen-bond donors (Lipinski definition) is 1. The Morgan fingerprint density at radius 2 is 2.39 bits per heavy atom. The highest BCUT2D eigenvalue weighted by molar-refractivity contribution is 7.20. The van der Waals surface area contributed by atoms with E-state index in [0.717, 1.165) is 12.1 Å². The first-order valence-electron chi connectivity index (χ1n) is 5.80. The number of aromatic nitrogens is 3. The van der Waals surface area contributed by atoms with Gasteiger partial charge in [0.2, 0.25) is 10.1 Å². The molecule has 0 aliphatic heterocycles. The van der Waals surface area contributed by atoms with Crippen LogP contribution in [-0.2, 0) is 11.2 Å². The molecule has 18 heavy (non-hydrogen) atoms. The van der Waals surface area contributed by atoms with Crippen LogP contribution >= 0.6 is 11.3 Å². The van der Waals surface area contributed by atoms with E-state index >= 15 is 0 Å². The van der Waals surface area contributed by atoms with E-state index in [2.05, 4.69) is 15.4 Å². The summed E-state index contributed by atoms with van der Waals surface area (Å²) in [5, 5.41) is 8.00. The molecule has 0 radical (unpaired) electrons. The zero-order chi connectivity index (χ0) is 13.1. The summed E-state index contributed by atoms with van der Waals surface area (Å²) >= 11 is 1.37. The van der Waals surface area contributed by atoms with Crippen molar-refractivity contribution in [3.8, 4) is 0 Å². The Morgan fingerprint density at radius 1 is 1.61 bits per heavy atom. The van der Waals surface area contributed by atoms with Crippen molar-refractivity contribution in [2.75, 3.05) is 19.0 Å². The predicted molar refractivity (Wildman–Crippen MR) is 71.5 cm³/mol. The number of nitrogens with one attached hydrogen (secondary N) is 1. The van der Waals surface area contributed by atoms with Crippen LogP contribution in [0.25, 0.3) is 4.96 Å². The fourth-order valence-electron chi connectivity index (χ4n) is 1.42. The third kappa shape index (κ3) is 2.68.